The second-order valence-electron chi connectivity index (χ2n) is 5.23. The lowest BCUT2D eigenvalue weighted by Crippen LogP contribution is -2.56. The van der Waals surface area contributed by atoms with Crippen LogP contribution in [-0.4, -0.2) is 18.1 Å². The smallest absolute Gasteiger partial charge is 0.307 e. The number of carbonyl (C=O) groups excluding carboxylic acids is 1. The van der Waals surface area contributed by atoms with Crippen LogP contribution >= 0.6 is 0 Å². The molecule has 0 aromatic carbocycles. The number of rotatable bonds is 3. The summed E-state index contributed by atoms with van der Waals surface area (Å²) in [5.74, 6) is -0.157. The predicted octanol–water partition coefficient (Wildman–Crippen LogP) is 2.24. The molecule has 1 unspecified atom stereocenters. The maximum atomic E-state index is 11.5. The molecule has 88 valence electrons. The van der Waals surface area contributed by atoms with Crippen LogP contribution in [0.15, 0.2) is 0 Å². The van der Waals surface area contributed by atoms with Gasteiger partial charge in [0.1, 0.15) is 0 Å². The van der Waals surface area contributed by atoms with E-state index in [-0.39, 0.29) is 16.9 Å². The number of hydrogen-bond donors (Lipinski definition) is 1. The van der Waals surface area contributed by atoms with Gasteiger partial charge in [-0.15, -0.1) is 0 Å². The molecule has 0 aliphatic heterocycles. The molecule has 0 amide bonds. The third-order valence-electron chi connectivity index (χ3n) is 3.79. The van der Waals surface area contributed by atoms with Gasteiger partial charge in [0.15, 0.2) is 0 Å². The maximum absolute atomic E-state index is 11.5. The van der Waals surface area contributed by atoms with Crippen LogP contribution in [0, 0.1) is 5.41 Å². The Morgan fingerprint density at radius 3 is 2.47 bits per heavy atom. The molecule has 1 aliphatic rings. The summed E-state index contributed by atoms with van der Waals surface area (Å²) in [7, 11) is 0. The van der Waals surface area contributed by atoms with Gasteiger partial charge in [0.05, 0.1) is 13.0 Å². The zero-order chi connectivity index (χ0) is 11.5. The number of ether oxygens (including phenoxy) is 1. The Hall–Kier alpha value is -0.570. The molecule has 2 N–H and O–H groups in total. The quantitative estimate of drug-likeness (QED) is 0.731. The minimum atomic E-state index is -0.377. The normalized spacial score (nSPS) is 29.9. The van der Waals surface area contributed by atoms with Gasteiger partial charge in [-0.1, -0.05) is 26.7 Å². The molecule has 0 spiro atoms. The van der Waals surface area contributed by atoms with Gasteiger partial charge in [-0.05, 0) is 25.2 Å². The van der Waals surface area contributed by atoms with Crippen molar-refractivity contribution in [1.82, 2.24) is 0 Å². The van der Waals surface area contributed by atoms with Gasteiger partial charge >= 0.3 is 5.97 Å². The average molecular weight is 213 g/mol. The van der Waals surface area contributed by atoms with E-state index < -0.39 is 0 Å². The van der Waals surface area contributed by atoms with Crippen LogP contribution in [-0.2, 0) is 9.53 Å². The summed E-state index contributed by atoms with van der Waals surface area (Å²) in [6.07, 6.45) is 4.73. The molecule has 1 aliphatic carbocycles. The van der Waals surface area contributed by atoms with Gasteiger partial charge in [-0.2, -0.15) is 0 Å². The van der Waals surface area contributed by atoms with Crippen molar-refractivity contribution in [2.24, 2.45) is 11.1 Å². The molecule has 0 bridgehead atoms. The standard InChI is InChI=1S/C12H23NO2/c1-4-15-10(14)9-12(13)8-6-5-7-11(12,2)3/h4-9,13H2,1-3H3. The van der Waals surface area contributed by atoms with Crippen molar-refractivity contribution < 1.29 is 9.53 Å². The largest absolute Gasteiger partial charge is 0.466 e. The van der Waals surface area contributed by atoms with Crippen molar-refractivity contribution in [2.45, 2.75) is 58.4 Å². The van der Waals surface area contributed by atoms with E-state index in [0.29, 0.717) is 13.0 Å². The van der Waals surface area contributed by atoms with Crippen LogP contribution in [0.4, 0.5) is 0 Å². The summed E-state index contributed by atoms with van der Waals surface area (Å²) >= 11 is 0. The first kappa shape index (κ1) is 12.5. The van der Waals surface area contributed by atoms with Crippen molar-refractivity contribution in [3.63, 3.8) is 0 Å². The van der Waals surface area contributed by atoms with Crippen LogP contribution < -0.4 is 5.73 Å². The van der Waals surface area contributed by atoms with E-state index in [1.165, 1.54) is 6.42 Å². The van der Waals surface area contributed by atoms with E-state index in [4.69, 9.17) is 10.5 Å². The summed E-state index contributed by atoms with van der Waals surface area (Å²) in [6, 6.07) is 0. The molecule has 1 fully saturated rings. The Morgan fingerprint density at radius 1 is 1.33 bits per heavy atom. The molecule has 0 saturated heterocycles. The van der Waals surface area contributed by atoms with Gasteiger partial charge in [0, 0.05) is 5.54 Å². The summed E-state index contributed by atoms with van der Waals surface area (Å²) in [5, 5.41) is 0. The van der Waals surface area contributed by atoms with E-state index in [2.05, 4.69) is 13.8 Å². The monoisotopic (exact) mass is 213 g/mol. The van der Waals surface area contributed by atoms with Crippen LogP contribution in [0.2, 0.25) is 0 Å². The highest BCUT2D eigenvalue weighted by Gasteiger charge is 2.44. The maximum Gasteiger partial charge on any atom is 0.307 e. The third kappa shape index (κ3) is 2.71. The summed E-state index contributed by atoms with van der Waals surface area (Å²) < 4.78 is 4.98. The first-order valence-corrected chi connectivity index (χ1v) is 5.86. The minimum Gasteiger partial charge on any atom is -0.466 e. The van der Waals surface area contributed by atoms with Gasteiger partial charge in [0.25, 0.3) is 0 Å². The molecule has 0 aromatic rings. The lowest BCUT2D eigenvalue weighted by atomic mass is 9.62. The molecule has 0 radical (unpaired) electrons. The van der Waals surface area contributed by atoms with Gasteiger partial charge < -0.3 is 10.5 Å². The fourth-order valence-corrected chi connectivity index (χ4v) is 2.39. The average Bonchev–Trinajstić information content (AvgIpc) is 2.11. The molecule has 1 atom stereocenters. The van der Waals surface area contributed by atoms with Crippen molar-refractivity contribution in [2.75, 3.05) is 6.61 Å². The Kier molecular flexibility index (Phi) is 3.77. The fraction of sp³-hybridized carbons (Fsp3) is 0.917. The van der Waals surface area contributed by atoms with Gasteiger partial charge in [0.2, 0.25) is 0 Å². The topological polar surface area (TPSA) is 52.3 Å². The summed E-state index contributed by atoms with van der Waals surface area (Å²) in [6.45, 7) is 6.58. The number of carbonyl (C=O) groups is 1. The number of hydrogen-bond acceptors (Lipinski definition) is 3. The number of nitrogens with two attached hydrogens (primary N) is 1. The second-order valence-corrected chi connectivity index (χ2v) is 5.23. The second kappa shape index (κ2) is 4.52. The molecule has 1 saturated carbocycles. The zero-order valence-corrected chi connectivity index (χ0v) is 10.1. The summed E-state index contributed by atoms with van der Waals surface area (Å²) in [5.41, 5.74) is 6.03. The molecule has 0 heterocycles. The molecule has 3 nitrogen and oxygen atoms in total. The Bertz CT molecular complexity index is 238. The molecule has 1 rings (SSSR count). The molecule has 15 heavy (non-hydrogen) atoms. The first-order valence-electron chi connectivity index (χ1n) is 5.86. The van der Waals surface area contributed by atoms with Crippen LogP contribution in [0.5, 0.6) is 0 Å². The summed E-state index contributed by atoms with van der Waals surface area (Å²) in [4.78, 5) is 11.5. The fourth-order valence-electron chi connectivity index (χ4n) is 2.39. The predicted molar refractivity (Wildman–Crippen MR) is 60.4 cm³/mol. The van der Waals surface area contributed by atoms with E-state index in [0.717, 1.165) is 19.3 Å². The third-order valence-corrected chi connectivity index (χ3v) is 3.79. The SMILES string of the molecule is CCOC(=O)CC1(N)CCCCC1(C)C. The number of esters is 1. The first-order chi connectivity index (χ1) is 6.91. The van der Waals surface area contributed by atoms with E-state index in [9.17, 15) is 4.79 Å². The van der Waals surface area contributed by atoms with Crippen molar-refractivity contribution in [3.05, 3.63) is 0 Å². The van der Waals surface area contributed by atoms with Gasteiger partial charge in [-0.3, -0.25) is 4.79 Å². The van der Waals surface area contributed by atoms with Crippen molar-refractivity contribution in [1.29, 1.82) is 0 Å². The Morgan fingerprint density at radius 2 is 1.93 bits per heavy atom. The molecule has 3 heteroatoms. The van der Waals surface area contributed by atoms with Gasteiger partial charge in [-0.25, -0.2) is 0 Å². The highest BCUT2D eigenvalue weighted by atomic mass is 16.5. The van der Waals surface area contributed by atoms with Crippen LogP contribution in [0.25, 0.3) is 0 Å². The van der Waals surface area contributed by atoms with E-state index in [1.54, 1.807) is 0 Å². The lowest BCUT2D eigenvalue weighted by molar-refractivity contribution is -0.146. The zero-order valence-electron chi connectivity index (χ0n) is 10.1. The minimum absolute atomic E-state index is 0.0397. The Balaban J connectivity index is 2.66. The molecule has 0 aromatic heterocycles. The van der Waals surface area contributed by atoms with Crippen molar-refractivity contribution >= 4 is 5.97 Å². The highest BCUT2D eigenvalue weighted by molar-refractivity contribution is 5.71. The van der Waals surface area contributed by atoms with E-state index in [1.807, 2.05) is 6.92 Å². The molecular formula is C12H23NO2. The highest BCUT2D eigenvalue weighted by Crippen LogP contribution is 2.44. The lowest BCUT2D eigenvalue weighted by Gasteiger charge is -2.47. The van der Waals surface area contributed by atoms with Crippen LogP contribution in [0.1, 0.15) is 52.9 Å². The molecular weight excluding hydrogens is 190 g/mol. The van der Waals surface area contributed by atoms with Crippen LogP contribution in [0.3, 0.4) is 0 Å². The Labute approximate surface area is 92.4 Å². The van der Waals surface area contributed by atoms with Crippen molar-refractivity contribution in [3.8, 4) is 0 Å². The van der Waals surface area contributed by atoms with E-state index >= 15 is 0 Å².